The fourth-order valence-electron chi connectivity index (χ4n) is 3.96. The Labute approximate surface area is 175 Å². The summed E-state index contributed by atoms with van der Waals surface area (Å²) in [7, 11) is 0. The van der Waals surface area contributed by atoms with Gasteiger partial charge in [-0.3, -0.25) is 14.5 Å². The number of rotatable bonds is 5. The SMILES string of the molecule is CCCc1ccc2c(c(-c3cccc(C(F)(F)F)c3)cc3nnc(CC)n32)c1[N+](=O)[O-]. The van der Waals surface area contributed by atoms with E-state index in [-0.39, 0.29) is 16.6 Å². The van der Waals surface area contributed by atoms with Crippen molar-refractivity contribution in [2.45, 2.75) is 39.3 Å². The van der Waals surface area contributed by atoms with Crippen LogP contribution in [0.1, 0.15) is 37.2 Å². The molecule has 4 aromatic rings. The van der Waals surface area contributed by atoms with E-state index in [1.165, 1.54) is 12.1 Å². The number of aromatic nitrogens is 3. The number of nitrogens with zero attached hydrogens (tertiary/aromatic N) is 4. The monoisotopic (exact) mass is 428 g/mol. The number of halogens is 3. The van der Waals surface area contributed by atoms with Crippen molar-refractivity contribution in [3.05, 3.63) is 69.5 Å². The van der Waals surface area contributed by atoms with Gasteiger partial charge in [-0.15, -0.1) is 10.2 Å². The van der Waals surface area contributed by atoms with Crippen molar-refractivity contribution in [2.75, 3.05) is 0 Å². The van der Waals surface area contributed by atoms with Gasteiger partial charge in [-0.2, -0.15) is 13.2 Å². The normalized spacial score (nSPS) is 12.0. The molecule has 0 amide bonds. The van der Waals surface area contributed by atoms with Crippen LogP contribution in [0.5, 0.6) is 0 Å². The second kappa shape index (κ2) is 7.64. The summed E-state index contributed by atoms with van der Waals surface area (Å²) in [4.78, 5) is 11.7. The Bertz CT molecular complexity index is 1310. The molecule has 0 radical (unpaired) electrons. The molecule has 2 aromatic carbocycles. The van der Waals surface area contributed by atoms with Crippen molar-refractivity contribution >= 4 is 22.2 Å². The van der Waals surface area contributed by atoms with Gasteiger partial charge in [0, 0.05) is 17.5 Å². The molecule has 31 heavy (non-hydrogen) atoms. The highest BCUT2D eigenvalue weighted by molar-refractivity contribution is 6.04. The van der Waals surface area contributed by atoms with Crippen LogP contribution >= 0.6 is 0 Å². The largest absolute Gasteiger partial charge is 0.416 e. The summed E-state index contributed by atoms with van der Waals surface area (Å²) in [5.74, 6) is 0.619. The predicted molar refractivity (Wildman–Crippen MR) is 111 cm³/mol. The Morgan fingerprint density at radius 3 is 2.52 bits per heavy atom. The second-order valence-corrected chi connectivity index (χ2v) is 7.27. The zero-order chi connectivity index (χ0) is 22.3. The molecule has 0 aliphatic carbocycles. The smallest absolute Gasteiger partial charge is 0.279 e. The third-order valence-electron chi connectivity index (χ3n) is 5.30. The van der Waals surface area contributed by atoms with Crippen LogP contribution in [0.2, 0.25) is 0 Å². The molecule has 0 saturated heterocycles. The molecule has 0 spiro atoms. The van der Waals surface area contributed by atoms with Crippen molar-refractivity contribution in [2.24, 2.45) is 0 Å². The van der Waals surface area contributed by atoms with E-state index in [4.69, 9.17) is 0 Å². The van der Waals surface area contributed by atoms with Crippen molar-refractivity contribution in [1.29, 1.82) is 0 Å². The zero-order valence-electron chi connectivity index (χ0n) is 16.9. The third kappa shape index (κ3) is 3.49. The number of pyridine rings is 1. The minimum atomic E-state index is -4.53. The van der Waals surface area contributed by atoms with Crippen LogP contribution in [-0.4, -0.2) is 19.5 Å². The summed E-state index contributed by atoms with van der Waals surface area (Å²) in [6.07, 6.45) is -2.81. The first-order valence-electron chi connectivity index (χ1n) is 9.90. The van der Waals surface area contributed by atoms with Crippen molar-refractivity contribution in [1.82, 2.24) is 14.6 Å². The van der Waals surface area contributed by atoms with Gasteiger partial charge in [0.2, 0.25) is 0 Å². The quantitative estimate of drug-likeness (QED) is 0.289. The predicted octanol–water partition coefficient (Wildman–Crippen LogP) is 5.99. The number of hydrogen-bond acceptors (Lipinski definition) is 4. The fourth-order valence-corrected chi connectivity index (χ4v) is 3.96. The van der Waals surface area contributed by atoms with Gasteiger partial charge in [-0.1, -0.05) is 38.5 Å². The lowest BCUT2D eigenvalue weighted by atomic mass is 9.95. The highest BCUT2D eigenvalue weighted by Gasteiger charge is 2.31. The number of hydrogen-bond donors (Lipinski definition) is 0. The van der Waals surface area contributed by atoms with Gasteiger partial charge in [-0.25, -0.2) is 0 Å². The van der Waals surface area contributed by atoms with E-state index in [0.717, 1.165) is 12.1 Å². The van der Waals surface area contributed by atoms with Crippen molar-refractivity contribution < 1.29 is 18.1 Å². The summed E-state index contributed by atoms with van der Waals surface area (Å²) in [5, 5.41) is 20.7. The Kier molecular flexibility index (Phi) is 5.12. The Hall–Kier alpha value is -3.49. The maximum Gasteiger partial charge on any atom is 0.416 e. The molecule has 0 bridgehead atoms. The fraction of sp³-hybridized carbons (Fsp3) is 0.273. The van der Waals surface area contributed by atoms with E-state index in [1.54, 1.807) is 22.6 Å². The van der Waals surface area contributed by atoms with Gasteiger partial charge in [0.15, 0.2) is 5.65 Å². The van der Waals surface area contributed by atoms with E-state index < -0.39 is 16.7 Å². The van der Waals surface area contributed by atoms with Gasteiger partial charge in [-0.05, 0) is 36.2 Å². The summed E-state index contributed by atoms with van der Waals surface area (Å²) in [5.41, 5.74) is 1.12. The molecule has 0 fully saturated rings. The van der Waals surface area contributed by atoms with Crippen LogP contribution < -0.4 is 0 Å². The summed E-state index contributed by atoms with van der Waals surface area (Å²) in [6, 6.07) is 9.86. The number of fused-ring (bicyclic) bond motifs is 3. The highest BCUT2D eigenvalue weighted by Crippen LogP contribution is 2.40. The third-order valence-corrected chi connectivity index (χ3v) is 5.30. The average molecular weight is 428 g/mol. The number of benzene rings is 2. The number of nitro groups is 1. The lowest BCUT2D eigenvalue weighted by Crippen LogP contribution is -2.05. The number of nitro benzene ring substituents is 1. The number of aryl methyl sites for hydroxylation is 2. The van der Waals surface area contributed by atoms with Crippen LogP contribution in [-0.2, 0) is 19.0 Å². The first kappa shape index (κ1) is 20.8. The average Bonchev–Trinajstić information content (AvgIpc) is 3.15. The van der Waals surface area contributed by atoms with Crippen LogP contribution in [0.25, 0.3) is 27.7 Å². The van der Waals surface area contributed by atoms with Gasteiger partial charge < -0.3 is 0 Å². The molecule has 0 aliphatic heterocycles. The molecule has 9 heteroatoms. The highest BCUT2D eigenvalue weighted by atomic mass is 19.4. The maximum absolute atomic E-state index is 13.3. The summed E-state index contributed by atoms with van der Waals surface area (Å²) in [6.45, 7) is 3.81. The molecule has 0 unspecified atom stereocenters. The molecule has 2 heterocycles. The van der Waals surface area contributed by atoms with Crippen LogP contribution in [0, 0.1) is 10.1 Å². The molecule has 0 N–H and O–H groups in total. The molecule has 2 aromatic heterocycles. The first-order chi connectivity index (χ1) is 14.8. The van der Waals surface area contributed by atoms with Gasteiger partial charge >= 0.3 is 6.18 Å². The summed E-state index contributed by atoms with van der Waals surface area (Å²) >= 11 is 0. The molecule has 0 atom stereocenters. The van der Waals surface area contributed by atoms with Gasteiger partial charge in [0.1, 0.15) is 5.82 Å². The minimum Gasteiger partial charge on any atom is -0.279 e. The first-order valence-corrected chi connectivity index (χ1v) is 9.90. The maximum atomic E-state index is 13.3. The lowest BCUT2D eigenvalue weighted by molar-refractivity contribution is -0.383. The lowest BCUT2D eigenvalue weighted by Gasteiger charge is -2.14. The Morgan fingerprint density at radius 1 is 1.10 bits per heavy atom. The Morgan fingerprint density at radius 2 is 1.87 bits per heavy atom. The standard InChI is InChI=1S/C22H19F3N4O2/c1-3-6-13-9-10-17-20(21(13)29(30)31)16(12-19-27-26-18(4-2)28(17)19)14-7-5-8-15(11-14)22(23,24)25/h5,7-12H,3-4,6H2,1-2H3. The van der Waals surface area contributed by atoms with E-state index in [1.807, 2.05) is 13.8 Å². The van der Waals surface area contributed by atoms with Gasteiger partial charge in [0.25, 0.3) is 5.69 Å². The molecular formula is C22H19F3N4O2. The van der Waals surface area contributed by atoms with E-state index >= 15 is 0 Å². The van der Waals surface area contributed by atoms with Crippen LogP contribution in [0.3, 0.4) is 0 Å². The van der Waals surface area contributed by atoms with Crippen molar-refractivity contribution in [3.63, 3.8) is 0 Å². The van der Waals surface area contributed by atoms with Gasteiger partial charge in [0.05, 0.1) is 21.4 Å². The van der Waals surface area contributed by atoms with E-state index in [0.29, 0.717) is 47.4 Å². The molecule has 160 valence electrons. The van der Waals surface area contributed by atoms with E-state index in [2.05, 4.69) is 10.2 Å². The molecule has 0 aliphatic rings. The van der Waals surface area contributed by atoms with Crippen LogP contribution in [0.4, 0.5) is 18.9 Å². The van der Waals surface area contributed by atoms with Crippen LogP contribution in [0.15, 0.2) is 42.5 Å². The minimum absolute atomic E-state index is 0.0931. The topological polar surface area (TPSA) is 73.3 Å². The molecular weight excluding hydrogens is 409 g/mol. The zero-order valence-corrected chi connectivity index (χ0v) is 16.9. The molecule has 0 saturated carbocycles. The number of alkyl halides is 3. The molecule has 4 rings (SSSR count). The Balaban J connectivity index is 2.18. The molecule has 6 nitrogen and oxygen atoms in total. The van der Waals surface area contributed by atoms with E-state index in [9.17, 15) is 23.3 Å². The van der Waals surface area contributed by atoms with Crippen molar-refractivity contribution in [3.8, 4) is 11.1 Å². The summed E-state index contributed by atoms with van der Waals surface area (Å²) < 4.78 is 41.7. The second-order valence-electron chi connectivity index (χ2n) is 7.27.